The number of unbranched alkanes of at least 4 members (excludes halogenated alkanes) is 1. The lowest BCUT2D eigenvalue weighted by molar-refractivity contribution is -0.141. The Morgan fingerprint density at radius 3 is 2.88 bits per heavy atom. The van der Waals surface area contributed by atoms with Crippen molar-refractivity contribution in [1.82, 2.24) is 10.2 Å². The fraction of sp³-hybridized carbons (Fsp3) is 0.923. The minimum Gasteiger partial charge on any atom is -0.372 e. The van der Waals surface area contributed by atoms with Gasteiger partial charge in [-0.05, 0) is 32.7 Å². The molecular formula is C13H26N2O2. The van der Waals surface area contributed by atoms with E-state index in [1.165, 1.54) is 12.8 Å². The molecule has 1 N–H and O–H groups in total. The summed E-state index contributed by atoms with van der Waals surface area (Å²) in [4.78, 5) is 14.1. The van der Waals surface area contributed by atoms with Crippen molar-refractivity contribution >= 4 is 5.91 Å². The van der Waals surface area contributed by atoms with E-state index in [-0.39, 0.29) is 12.0 Å². The van der Waals surface area contributed by atoms with Gasteiger partial charge >= 0.3 is 0 Å². The van der Waals surface area contributed by atoms with Gasteiger partial charge in [0.2, 0.25) is 0 Å². The lowest BCUT2D eigenvalue weighted by Crippen LogP contribution is -2.45. The van der Waals surface area contributed by atoms with Crippen LogP contribution >= 0.6 is 0 Å². The van der Waals surface area contributed by atoms with Gasteiger partial charge in [-0.1, -0.05) is 13.3 Å². The van der Waals surface area contributed by atoms with E-state index in [9.17, 15) is 4.79 Å². The van der Waals surface area contributed by atoms with Crippen molar-refractivity contribution in [3.63, 3.8) is 0 Å². The largest absolute Gasteiger partial charge is 0.372 e. The third kappa shape index (κ3) is 4.64. The highest BCUT2D eigenvalue weighted by atomic mass is 16.5. The first-order chi connectivity index (χ1) is 8.19. The van der Waals surface area contributed by atoms with Crippen molar-refractivity contribution in [1.29, 1.82) is 0 Å². The van der Waals surface area contributed by atoms with Crippen LogP contribution in [0.5, 0.6) is 0 Å². The third-order valence-corrected chi connectivity index (χ3v) is 3.40. The number of rotatable bonds is 7. The molecule has 4 nitrogen and oxygen atoms in total. The van der Waals surface area contributed by atoms with E-state index in [1.807, 2.05) is 11.8 Å². The van der Waals surface area contributed by atoms with Crippen molar-refractivity contribution in [2.24, 2.45) is 0 Å². The maximum Gasteiger partial charge on any atom is 0.251 e. The molecule has 17 heavy (non-hydrogen) atoms. The summed E-state index contributed by atoms with van der Waals surface area (Å²) in [6.45, 7) is 6.73. The van der Waals surface area contributed by atoms with Crippen molar-refractivity contribution in [2.75, 3.05) is 26.7 Å². The van der Waals surface area contributed by atoms with Crippen LogP contribution in [0, 0.1) is 0 Å². The molecule has 2 atom stereocenters. The minimum atomic E-state index is -0.326. The summed E-state index contributed by atoms with van der Waals surface area (Å²) < 4.78 is 5.13. The molecule has 0 aliphatic carbocycles. The Morgan fingerprint density at radius 1 is 1.59 bits per heavy atom. The first-order valence-electron chi connectivity index (χ1n) is 6.74. The zero-order valence-electron chi connectivity index (χ0n) is 11.4. The van der Waals surface area contributed by atoms with Crippen molar-refractivity contribution in [3.05, 3.63) is 0 Å². The number of hydrogen-bond donors (Lipinski definition) is 1. The normalized spacial score (nSPS) is 21.5. The molecule has 0 aromatic rings. The Bertz CT molecular complexity index is 227. The molecule has 100 valence electrons. The smallest absolute Gasteiger partial charge is 0.251 e. The molecule has 1 amide bonds. The number of amides is 1. The summed E-state index contributed by atoms with van der Waals surface area (Å²) in [5.74, 6) is 0.120. The molecule has 1 aliphatic heterocycles. The molecule has 1 fully saturated rings. The van der Waals surface area contributed by atoms with Crippen LogP contribution in [0.4, 0.5) is 0 Å². The molecule has 0 aromatic heterocycles. The molecule has 0 spiro atoms. The van der Waals surface area contributed by atoms with E-state index < -0.39 is 0 Å². The number of carbonyl (C=O) groups is 1. The van der Waals surface area contributed by atoms with E-state index in [2.05, 4.69) is 12.2 Å². The SMILES string of the molecule is CCCCN(CC1CCCN1)C(=O)C(C)OC. The second-order valence-corrected chi connectivity index (χ2v) is 4.81. The van der Waals surface area contributed by atoms with E-state index in [0.717, 1.165) is 32.5 Å². The van der Waals surface area contributed by atoms with Gasteiger partial charge < -0.3 is 15.0 Å². The lowest BCUT2D eigenvalue weighted by atomic mass is 10.2. The maximum absolute atomic E-state index is 12.1. The highest BCUT2D eigenvalue weighted by Crippen LogP contribution is 2.09. The Balaban J connectivity index is 2.48. The van der Waals surface area contributed by atoms with Crippen LogP contribution in [-0.2, 0) is 9.53 Å². The third-order valence-electron chi connectivity index (χ3n) is 3.40. The van der Waals surface area contributed by atoms with Gasteiger partial charge in [0.15, 0.2) is 0 Å². The number of carbonyl (C=O) groups excluding carboxylic acids is 1. The number of nitrogens with one attached hydrogen (secondary N) is 1. The topological polar surface area (TPSA) is 41.6 Å². The van der Waals surface area contributed by atoms with Crippen LogP contribution in [0.2, 0.25) is 0 Å². The summed E-state index contributed by atoms with van der Waals surface area (Å²) in [7, 11) is 1.59. The van der Waals surface area contributed by atoms with Gasteiger partial charge in [0.1, 0.15) is 6.10 Å². The average molecular weight is 242 g/mol. The monoisotopic (exact) mass is 242 g/mol. The Labute approximate surface area is 105 Å². The molecule has 4 heteroatoms. The fourth-order valence-corrected chi connectivity index (χ4v) is 2.18. The van der Waals surface area contributed by atoms with Crippen LogP contribution in [-0.4, -0.2) is 49.7 Å². The predicted octanol–water partition coefficient (Wildman–Crippen LogP) is 1.40. The van der Waals surface area contributed by atoms with Gasteiger partial charge in [0.25, 0.3) is 5.91 Å². The van der Waals surface area contributed by atoms with Gasteiger partial charge in [0, 0.05) is 26.2 Å². The van der Waals surface area contributed by atoms with E-state index in [4.69, 9.17) is 4.74 Å². The average Bonchev–Trinajstić information content (AvgIpc) is 2.85. The van der Waals surface area contributed by atoms with Gasteiger partial charge in [-0.3, -0.25) is 4.79 Å². The van der Waals surface area contributed by atoms with Crippen molar-refractivity contribution in [2.45, 2.75) is 51.7 Å². The first kappa shape index (κ1) is 14.5. The molecule has 0 saturated carbocycles. The highest BCUT2D eigenvalue weighted by Gasteiger charge is 2.24. The Kier molecular flexibility index (Phi) is 6.52. The van der Waals surface area contributed by atoms with Gasteiger partial charge in [-0.2, -0.15) is 0 Å². The Hall–Kier alpha value is -0.610. The molecule has 0 aromatic carbocycles. The van der Waals surface area contributed by atoms with Gasteiger partial charge in [-0.15, -0.1) is 0 Å². The molecule has 0 radical (unpaired) electrons. The molecule has 1 saturated heterocycles. The fourth-order valence-electron chi connectivity index (χ4n) is 2.18. The standard InChI is InChI=1S/C13H26N2O2/c1-4-5-9-15(13(16)11(2)17-3)10-12-7-6-8-14-12/h11-12,14H,4-10H2,1-3H3. The van der Waals surface area contributed by atoms with Gasteiger partial charge in [-0.25, -0.2) is 0 Å². The highest BCUT2D eigenvalue weighted by molar-refractivity contribution is 5.80. The molecule has 1 heterocycles. The zero-order valence-corrected chi connectivity index (χ0v) is 11.4. The summed E-state index contributed by atoms with van der Waals surface area (Å²) in [6, 6.07) is 0.472. The van der Waals surface area contributed by atoms with E-state index in [1.54, 1.807) is 7.11 Å². The molecular weight excluding hydrogens is 216 g/mol. The number of hydrogen-bond acceptors (Lipinski definition) is 3. The van der Waals surface area contributed by atoms with E-state index in [0.29, 0.717) is 6.04 Å². The summed E-state index contributed by atoms with van der Waals surface area (Å²) in [6.07, 6.45) is 4.25. The van der Waals surface area contributed by atoms with Crippen LogP contribution in [0.15, 0.2) is 0 Å². The Morgan fingerprint density at radius 2 is 2.35 bits per heavy atom. The number of ether oxygens (including phenoxy) is 1. The minimum absolute atomic E-state index is 0.120. The second kappa shape index (κ2) is 7.67. The predicted molar refractivity (Wildman–Crippen MR) is 69.0 cm³/mol. The quantitative estimate of drug-likeness (QED) is 0.734. The van der Waals surface area contributed by atoms with Crippen molar-refractivity contribution < 1.29 is 9.53 Å². The van der Waals surface area contributed by atoms with Crippen molar-refractivity contribution in [3.8, 4) is 0 Å². The van der Waals surface area contributed by atoms with E-state index >= 15 is 0 Å². The molecule has 1 aliphatic rings. The first-order valence-corrected chi connectivity index (χ1v) is 6.74. The van der Waals surface area contributed by atoms with Crippen LogP contribution < -0.4 is 5.32 Å². The zero-order chi connectivity index (χ0) is 12.7. The van der Waals surface area contributed by atoms with Crippen LogP contribution in [0.3, 0.4) is 0 Å². The maximum atomic E-state index is 12.1. The molecule has 1 rings (SSSR count). The summed E-state index contributed by atoms with van der Waals surface area (Å²) in [5, 5.41) is 3.44. The van der Waals surface area contributed by atoms with Gasteiger partial charge in [0.05, 0.1) is 0 Å². The number of nitrogens with zero attached hydrogens (tertiary/aromatic N) is 1. The lowest BCUT2D eigenvalue weighted by Gasteiger charge is -2.28. The summed E-state index contributed by atoms with van der Waals surface area (Å²) in [5.41, 5.74) is 0. The molecule has 2 unspecified atom stereocenters. The number of methoxy groups -OCH3 is 1. The summed E-state index contributed by atoms with van der Waals surface area (Å²) >= 11 is 0. The van der Waals surface area contributed by atoms with Crippen LogP contribution in [0.25, 0.3) is 0 Å². The second-order valence-electron chi connectivity index (χ2n) is 4.81. The van der Waals surface area contributed by atoms with Crippen LogP contribution in [0.1, 0.15) is 39.5 Å². The molecule has 0 bridgehead atoms.